The number of aliphatic hydroxyl groups excluding tert-OH is 2. The molecule has 0 unspecified atom stereocenters. The van der Waals surface area contributed by atoms with Crippen LogP contribution < -0.4 is 10.6 Å². The van der Waals surface area contributed by atoms with Crippen molar-refractivity contribution in [2.45, 2.75) is 30.9 Å². The van der Waals surface area contributed by atoms with Crippen molar-refractivity contribution in [2.75, 3.05) is 19.7 Å². The third-order valence-corrected chi connectivity index (χ3v) is 5.02. The van der Waals surface area contributed by atoms with Crippen LogP contribution in [-0.4, -0.2) is 41.9 Å². The molecular formula is C21H26N2O3. The molecule has 2 aromatic rings. The molecule has 2 atom stereocenters. The van der Waals surface area contributed by atoms with Crippen molar-refractivity contribution in [3.8, 4) is 0 Å². The van der Waals surface area contributed by atoms with Gasteiger partial charge in [-0.3, -0.25) is 4.79 Å². The predicted octanol–water partition coefficient (Wildman–Crippen LogP) is 1.98. The van der Waals surface area contributed by atoms with Crippen molar-refractivity contribution in [1.29, 1.82) is 0 Å². The zero-order chi connectivity index (χ0) is 18.4. The van der Waals surface area contributed by atoms with E-state index in [0.29, 0.717) is 17.0 Å². The molecule has 0 spiro atoms. The fourth-order valence-electron chi connectivity index (χ4n) is 3.55. The van der Waals surface area contributed by atoms with Crippen molar-refractivity contribution >= 4 is 5.91 Å². The Kier molecular flexibility index (Phi) is 6.39. The van der Waals surface area contributed by atoms with Gasteiger partial charge in [0.05, 0.1) is 12.6 Å². The summed E-state index contributed by atoms with van der Waals surface area (Å²) in [4.78, 5) is 12.9. The van der Waals surface area contributed by atoms with Crippen molar-refractivity contribution in [2.24, 2.45) is 0 Å². The van der Waals surface area contributed by atoms with Crippen LogP contribution in [0.3, 0.4) is 0 Å². The molecule has 1 amide bonds. The molecule has 0 aromatic heterocycles. The largest absolute Gasteiger partial charge is 0.394 e. The molecule has 0 radical (unpaired) electrons. The van der Waals surface area contributed by atoms with Crippen molar-refractivity contribution in [3.05, 3.63) is 71.3 Å². The highest BCUT2D eigenvalue weighted by molar-refractivity contribution is 5.96. The lowest BCUT2D eigenvalue weighted by Gasteiger charge is -2.26. The van der Waals surface area contributed by atoms with Crippen LogP contribution in [0, 0.1) is 0 Å². The Morgan fingerprint density at radius 3 is 2.42 bits per heavy atom. The average Bonchev–Trinajstić information content (AvgIpc) is 2.72. The lowest BCUT2D eigenvalue weighted by Crippen LogP contribution is -2.42. The Bertz CT molecular complexity index is 714. The van der Waals surface area contributed by atoms with Gasteiger partial charge < -0.3 is 20.8 Å². The van der Waals surface area contributed by atoms with Crippen LogP contribution in [0.4, 0.5) is 0 Å². The molecule has 26 heavy (non-hydrogen) atoms. The summed E-state index contributed by atoms with van der Waals surface area (Å²) in [5.41, 5.74) is 2.33. The number of benzene rings is 2. The van der Waals surface area contributed by atoms with E-state index in [-0.39, 0.29) is 12.5 Å². The Labute approximate surface area is 154 Å². The van der Waals surface area contributed by atoms with Crippen molar-refractivity contribution in [3.63, 3.8) is 0 Å². The van der Waals surface area contributed by atoms with Crippen LogP contribution >= 0.6 is 0 Å². The number of aliphatic hydroxyl groups is 2. The summed E-state index contributed by atoms with van der Waals surface area (Å²) in [5.74, 6) is 0.0954. The lowest BCUT2D eigenvalue weighted by molar-refractivity contribution is 0.0702. The number of hydrogen-bond acceptors (Lipinski definition) is 4. The molecule has 0 aliphatic carbocycles. The molecule has 2 aromatic carbocycles. The summed E-state index contributed by atoms with van der Waals surface area (Å²) in [5, 5.41) is 26.3. The summed E-state index contributed by atoms with van der Waals surface area (Å²) < 4.78 is 0. The molecule has 5 heteroatoms. The van der Waals surface area contributed by atoms with E-state index in [1.807, 2.05) is 42.5 Å². The molecule has 1 aliphatic rings. The summed E-state index contributed by atoms with van der Waals surface area (Å²) in [6.45, 7) is 1.57. The summed E-state index contributed by atoms with van der Waals surface area (Å²) in [7, 11) is 0. The second-order valence-corrected chi connectivity index (χ2v) is 6.73. The Morgan fingerprint density at radius 1 is 1.08 bits per heavy atom. The quantitative estimate of drug-likeness (QED) is 0.639. The molecular weight excluding hydrogens is 328 g/mol. The number of nitrogens with one attached hydrogen (secondary N) is 2. The Morgan fingerprint density at radius 2 is 1.73 bits per heavy atom. The Hall–Kier alpha value is -2.21. The van der Waals surface area contributed by atoms with Gasteiger partial charge in [0.1, 0.15) is 6.10 Å². The van der Waals surface area contributed by atoms with E-state index in [2.05, 4.69) is 10.6 Å². The summed E-state index contributed by atoms with van der Waals surface area (Å²) >= 11 is 0. The molecule has 0 saturated carbocycles. The maximum absolute atomic E-state index is 12.9. The molecule has 4 N–H and O–H groups in total. The van der Waals surface area contributed by atoms with Gasteiger partial charge >= 0.3 is 0 Å². The van der Waals surface area contributed by atoms with E-state index in [9.17, 15) is 15.0 Å². The number of carbonyl (C=O) groups is 1. The maximum Gasteiger partial charge on any atom is 0.251 e. The minimum Gasteiger partial charge on any atom is -0.394 e. The zero-order valence-electron chi connectivity index (χ0n) is 14.8. The second-order valence-electron chi connectivity index (χ2n) is 6.73. The van der Waals surface area contributed by atoms with Gasteiger partial charge in [0.15, 0.2) is 0 Å². The van der Waals surface area contributed by atoms with Gasteiger partial charge in [-0.05, 0) is 49.0 Å². The van der Waals surface area contributed by atoms with Gasteiger partial charge in [0.25, 0.3) is 5.91 Å². The van der Waals surface area contributed by atoms with Gasteiger partial charge in [-0.25, -0.2) is 0 Å². The standard InChI is InChI=1S/C21H26N2O3/c24-14-19(20(25)16-6-2-1-3-7-16)23-21(26)18-9-5-4-8-17(18)15-10-12-22-13-11-15/h1-9,15,19-20,22,24-25H,10-14H2,(H,23,26)/t19-,20-/m0/s1. The van der Waals surface area contributed by atoms with Crippen LogP contribution in [0.25, 0.3) is 0 Å². The summed E-state index contributed by atoms with van der Waals surface area (Å²) in [6.07, 6.45) is 1.04. The first kappa shape index (κ1) is 18.6. The first-order valence-electron chi connectivity index (χ1n) is 9.15. The van der Waals surface area contributed by atoms with Crippen LogP contribution in [0.15, 0.2) is 54.6 Å². The van der Waals surface area contributed by atoms with Gasteiger partial charge in [-0.15, -0.1) is 0 Å². The molecule has 1 fully saturated rings. The van der Waals surface area contributed by atoms with Crippen molar-refractivity contribution in [1.82, 2.24) is 10.6 Å². The third kappa shape index (κ3) is 4.30. The van der Waals surface area contributed by atoms with Gasteiger partial charge in [0, 0.05) is 5.56 Å². The van der Waals surface area contributed by atoms with Gasteiger partial charge in [-0.1, -0.05) is 48.5 Å². The molecule has 138 valence electrons. The van der Waals surface area contributed by atoms with Crippen LogP contribution in [0.2, 0.25) is 0 Å². The lowest BCUT2D eigenvalue weighted by atomic mass is 9.87. The highest BCUT2D eigenvalue weighted by Crippen LogP contribution is 2.28. The van der Waals surface area contributed by atoms with Crippen LogP contribution in [0.5, 0.6) is 0 Å². The highest BCUT2D eigenvalue weighted by Gasteiger charge is 2.25. The van der Waals surface area contributed by atoms with Crippen LogP contribution in [0.1, 0.15) is 46.3 Å². The first-order chi connectivity index (χ1) is 12.7. The molecule has 1 heterocycles. The zero-order valence-corrected chi connectivity index (χ0v) is 14.8. The fraction of sp³-hybridized carbons (Fsp3) is 0.381. The number of hydrogen-bond donors (Lipinski definition) is 4. The summed E-state index contributed by atoms with van der Waals surface area (Å²) in [6, 6.07) is 15.9. The molecule has 1 saturated heterocycles. The van der Waals surface area contributed by atoms with Gasteiger partial charge in [0.2, 0.25) is 0 Å². The average molecular weight is 354 g/mol. The Balaban J connectivity index is 1.76. The van der Waals surface area contributed by atoms with E-state index in [1.165, 1.54) is 0 Å². The minimum absolute atomic E-state index is 0.256. The van der Waals surface area contributed by atoms with E-state index < -0.39 is 12.1 Å². The van der Waals surface area contributed by atoms with Crippen LogP contribution in [-0.2, 0) is 0 Å². The fourth-order valence-corrected chi connectivity index (χ4v) is 3.55. The topological polar surface area (TPSA) is 81.6 Å². The van der Waals surface area contributed by atoms with E-state index in [0.717, 1.165) is 31.5 Å². The number of carbonyl (C=O) groups excluding carboxylic acids is 1. The second kappa shape index (κ2) is 8.94. The number of piperidine rings is 1. The van der Waals surface area contributed by atoms with Gasteiger partial charge in [-0.2, -0.15) is 0 Å². The monoisotopic (exact) mass is 354 g/mol. The van der Waals surface area contributed by atoms with Crippen molar-refractivity contribution < 1.29 is 15.0 Å². The number of rotatable bonds is 6. The third-order valence-electron chi connectivity index (χ3n) is 5.02. The number of amides is 1. The first-order valence-corrected chi connectivity index (χ1v) is 9.15. The van der Waals surface area contributed by atoms with E-state index in [1.54, 1.807) is 12.1 Å². The molecule has 0 bridgehead atoms. The smallest absolute Gasteiger partial charge is 0.251 e. The maximum atomic E-state index is 12.9. The molecule has 1 aliphatic heterocycles. The molecule has 5 nitrogen and oxygen atoms in total. The minimum atomic E-state index is -0.962. The van der Waals surface area contributed by atoms with E-state index in [4.69, 9.17) is 0 Å². The molecule has 3 rings (SSSR count). The normalized spacial score (nSPS) is 17.5. The van der Waals surface area contributed by atoms with E-state index >= 15 is 0 Å². The highest BCUT2D eigenvalue weighted by atomic mass is 16.3. The SMILES string of the molecule is O=C(N[C@@H](CO)[C@@H](O)c1ccccc1)c1ccccc1C1CCNCC1. The predicted molar refractivity (Wildman–Crippen MR) is 101 cm³/mol.